The van der Waals surface area contributed by atoms with Crippen molar-refractivity contribution in [1.82, 2.24) is 5.43 Å². The molecule has 0 saturated carbocycles. The van der Waals surface area contributed by atoms with Gasteiger partial charge in [-0.05, 0) is 24.1 Å². The van der Waals surface area contributed by atoms with Crippen molar-refractivity contribution in [2.75, 3.05) is 0 Å². The molecule has 0 fully saturated rings. The van der Waals surface area contributed by atoms with Crippen LogP contribution in [-0.4, -0.2) is 6.18 Å². The normalized spacial score (nSPS) is 14.0. The fraction of sp³-hybridized carbons (Fsp3) is 0.333. The largest absolute Gasteiger partial charge is 0.409 e. The van der Waals surface area contributed by atoms with E-state index in [0.29, 0.717) is 0 Å². The summed E-state index contributed by atoms with van der Waals surface area (Å²) >= 11 is 0. The maximum Gasteiger partial charge on any atom is 0.409 e. The number of aryl methyl sites for hydroxylation is 1. The first kappa shape index (κ1) is 11.9. The highest BCUT2D eigenvalue weighted by atomic mass is 19.4. The lowest BCUT2D eigenvalue weighted by molar-refractivity contribution is -0.157. The molecular formula is C9H10F4N2. The van der Waals surface area contributed by atoms with Gasteiger partial charge in [-0.15, -0.1) is 0 Å². The Morgan fingerprint density at radius 3 is 2.33 bits per heavy atom. The summed E-state index contributed by atoms with van der Waals surface area (Å²) < 4.78 is 50.1. The molecule has 0 saturated heterocycles. The van der Waals surface area contributed by atoms with E-state index in [2.05, 4.69) is 0 Å². The molecule has 1 aromatic rings. The van der Waals surface area contributed by atoms with Gasteiger partial charge in [-0.3, -0.25) is 5.84 Å². The van der Waals surface area contributed by atoms with Crippen molar-refractivity contribution in [2.45, 2.75) is 19.1 Å². The Labute approximate surface area is 84.0 Å². The molecule has 1 rings (SSSR count). The molecule has 0 heterocycles. The van der Waals surface area contributed by atoms with Crippen molar-refractivity contribution in [2.24, 2.45) is 5.84 Å². The second-order valence-electron chi connectivity index (χ2n) is 3.15. The fourth-order valence-electron chi connectivity index (χ4n) is 1.17. The lowest BCUT2D eigenvalue weighted by atomic mass is 10.0. The molecule has 0 aromatic heterocycles. The van der Waals surface area contributed by atoms with Crippen molar-refractivity contribution in [3.05, 3.63) is 35.1 Å². The Balaban J connectivity index is 3.08. The number of hydrazine groups is 1. The highest BCUT2D eigenvalue weighted by Crippen LogP contribution is 2.32. The van der Waals surface area contributed by atoms with E-state index in [-0.39, 0.29) is 11.1 Å². The summed E-state index contributed by atoms with van der Waals surface area (Å²) in [6, 6.07) is 1.25. The Bertz CT molecular complexity index is 348. The van der Waals surface area contributed by atoms with Crippen LogP contribution in [0.5, 0.6) is 0 Å². The zero-order valence-corrected chi connectivity index (χ0v) is 7.90. The first-order chi connectivity index (χ1) is 6.86. The number of benzene rings is 1. The van der Waals surface area contributed by atoms with Crippen LogP contribution in [0.2, 0.25) is 0 Å². The van der Waals surface area contributed by atoms with Gasteiger partial charge in [0.25, 0.3) is 0 Å². The van der Waals surface area contributed by atoms with E-state index in [1.165, 1.54) is 19.1 Å². The average molecular weight is 222 g/mol. The Morgan fingerprint density at radius 1 is 1.33 bits per heavy atom. The molecule has 1 atom stereocenters. The third-order valence-corrected chi connectivity index (χ3v) is 2.02. The molecule has 15 heavy (non-hydrogen) atoms. The number of nitrogens with one attached hydrogen (secondary N) is 1. The van der Waals surface area contributed by atoms with E-state index < -0.39 is 18.0 Å². The van der Waals surface area contributed by atoms with Crippen molar-refractivity contribution >= 4 is 0 Å². The van der Waals surface area contributed by atoms with Gasteiger partial charge in [-0.25, -0.2) is 9.82 Å². The summed E-state index contributed by atoms with van der Waals surface area (Å²) in [5.74, 6) is 4.10. The van der Waals surface area contributed by atoms with Gasteiger partial charge in [0.05, 0.1) is 0 Å². The minimum absolute atomic E-state index is 0.242. The smallest absolute Gasteiger partial charge is 0.271 e. The molecule has 0 amide bonds. The van der Waals surface area contributed by atoms with Gasteiger partial charge >= 0.3 is 6.18 Å². The molecule has 1 aromatic carbocycles. The maximum atomic E-state index is 13.0. The van der Waals surface area contributed by atoms with Crippen molar-refractivity contribution < 1.29 is 17.6 Å². The third kappa shape index (κ3) is 2.66. The third-order valence-electron chi connectivity index (χ3n) is 2.02. The van der Waals surface area contributed by atoms with Crippen LogP contribution in [0.3, 0.4) is 0 Å². The van der Waals surface area contributed by atoms with Gasteiger partial charge in [0, 0.05) is 0 Å². The Hall–Kier alpha value is -1.14. The molecule has 84 valence electrons. The van der Waals surface area contributed by atoms with E-state index in [0.717, 1.165) is 6.07 Å². The van der Waals surface area contributed by atoms with E-state index in [1.54, 1.807) is 5.43 Å². The second-order valence-corrected chi connectivity index (χ2v) is 3.15. The first-order valence-electron chi connectivity index (χ1n) is 4.15. The molecular weight excluding hydrogens is 212 g/mol. The molecule has 0 spiro atoms. The molecule has 0 aliphatic rings. The number of halogens is 4. The van der Waals surface area contributed by atoms with Gasteiger partial charge < -0.3 is 0 Å². The topological polar surface area (TPSA) is 38.0 Å². The van der Waals surface area contributed by atoms with E-state index in [1.807, 2.05) is 0 Å². The van der Waals surface area contributed by atoms with Crippen LogP contribution in [0.25, 0.3) is 0 Å². The second kappa shape index (κ2) is 4.16. The maximum absolute atomic E-state index is 13.0. The summed E-state index contributed by atoms with van der Waals surface area (Å²) in [7, 11) is 0. The van der Waals surface area contributed by atoms with E-state index in [9.17, 15) is 17.6 Å². The molecule has 1 unspecified atom stereocenters. The van der Waals surface area contributed by atoms with Crippen LogP contribution in [0.15, 0.2) is 18.2 Å². The molecule has 3 N–H and O–H groups in total. The van der Waals surface area contributed by atoms with Crippen LogP contribution in [0, 0.1) is 12.7 Å². The zero-order chi connectivity index (χ0) is 11.6. The first-order valence-corrected chi connectivity index (χ1v) is 4.15. The number of hydrogen-bond acceptors (Lipinski definition) is 2. The lowest BCUT2D eigenvalue weighted by Crippen LogP contribution is -2.38. The van der Waals surface area contributed by atoms with Crippen LogP contribution in [0.1, 0.15) is 17.2 Å². The minimum atomic E-state index is -4.55. The minimum Gasteiger partial charge on any atom is -0.271 e. The van der Waals surface area contributed by atoms with Gasteiger partial charge in [-0.1, -0.05) is 12.1 Å². The van der Waals surface area contributed by atoms with Gasteiger partial charge in [0.2, 0.25) is 0 Å². The van der Waals surface area contributed by atoms with Crippen molar-refractivity contribution in [1.29, 1.82) is 0 Å². The van der Waals surface area contributed by atoms with Gasteiger partial charge in [0.1, 0.15) is 11.9 Å². The summed E-state index contributed by atoms with van der Waals surface area (Å²) in [5, 5.41) is 0. The Morgan fingerprint density at radius 2 is 1.93 bits per heavy atom. The quantitative estimate of drug-likeness (QED) is 0.457. The Kier molecular flexibility index (Phi) is 3.31. The van der Waals surface area contributed by atoms with Crippen LogP contribution in [-0.2, 0) is 0 Å². The molecule has 2 nitrogen and oxygen atoms in total. The molecule has 6 heteroatoms. The molecule has 0 bridgehead atoms. The zero-order valence-electron chi connectivity index (χ0n) is 7.90. The van der Waals surface area contributed by atoms with Gasteiger partial charge in [0.15, 0.2) is 0 Å². The number of nitrogens with two attached hydrogens (primary N) is 1. The number of hydrogen-bond donors (Lipinski definition) is 2. The predicted molar refractivity (Wildman–Crippen MR) is 47.3 cm³/mol. The highest BCUT2D eigenvalue weighted by molar-refractivity contribution is 5.26. The summed E-state index contributed by atoms with van der Waals surface area (Å²) in [6.45, 7) is 1.47. The summed E-state index contributed by atoms with van der Waals surface area (Å²) in [5.41, 5.74) is 1.66. The monoisotopic (exact) mass is 222 g/mol. The number of alkyl halides is 3. The molecule has 0 aliphatic carbocycles. The highest BCUT2D eigenvalue weighted by Gasteiger charge is 2.40. The molecule has 0 aliphatic heterocycles. The van der Waals surface area contributed by atoms with E-state index >= 15 is 0 Å². The van der Waals surface area contributed by atoms with Crippen LogP contribution < -0.4 is 11.3 Å². The fourth-order valence-corrected chi connectivity index (χ4v) is 1.17. The number of rotatable bonds is 2. The molecule has 0 radical (unpaired) electrons. The van der Waals surface area contributed by atoms with Gasteiger partial charge in [-0.2, -0.15) is 13.2 Å². The van der Waals surface area contributed by atoms with Crippen molar-refractivity contribution in [3.8, 4) is 0 Å². The van der Waals surface area contributed by atoms with Crippen LogP contribution >= 0.6 is 0 Å². The van der Waals surface area contributed by atoms with E-state index in [4.69, 9.17) is 5.84 Å². The predicted octanol–water partition coefficient (Wildman–Crippen LogP) is 2.20. The van der Waals surface area contributed by atoms with Crippen LogP contribution in [0.4, 0.5) is 17.6 Å². The summed E-state index contributed by atoms with van der Waals surface area (Å²) in [4.78, 5) is 0. The summed E-state index contributed by atoms with van der Waals surface area (Å²) in [6.07, 6.45) is -4.55. The lowest BCUT2D eigenvalue weighted by Gasteiger charge is -2.19. The SMILES string of the molecule is Cc1ccc(C(NN)C(F)(F)F)cc1F. The standard InChI is InChI=1S/C9H10F4N2/c1-5-2-3-6(4-7(5)10)8(15-14)9(11,12)13/h2-4,8,15H,14H2,1H3. The average Bonchev–Trinajstić information content (AvgIpc) is 2.10. The van der Waals surface area contributed by atoms with Crippen molar-refractivity contribution in [3.63, 3.8) is 0 Å².